The maximum atomic E-state index is 5.89. The van der Waals surface area contributed by atoms with Crippen molar-refractivity contribution in [3.8, 4) is 0 Å². The number of morpholine rings is 1. The third-order valence-electron chi connectivity index (χ3n) is 3.99. The summed E-state index contributed by atoms with van der Waals surface area (Å²) in [6, 6.07) is 0.602. The lowest BCUT2D eigenvalue weighted by Crippen LogP contribution is -2.42. The number of fused-ring (bicyclic) bond motifs is 1. The highest BCUT2D eigenvalue weighted by Gasteiger charge is 2.34. The summed E-state index contributed by atoms with van der Waals surface area (Å²) >= 11 is 0. The van der Waals surface area contributed by atoms with Crippen LogP contribution in [0.2, 0.25) is 0 Å². The fourth-order valence-electron chi connectivity index (χ4n) is 2.91. The van der Waals surface area contributed by atoms with E-state index in [1.165, 1.54) is 19.4 Å². The second kappa shape index (κ2) is 6.20. The Morgan fingerprint density at radius 1 is 1.45 bits per heavy atom. The molecule has 0 spiro atoms. The van der Waals surface area contributed by atoms with Crippen molar-refractivity contribution in [1.82, 2.24) is 20.4 Å². The van der Waals surface area contributed by atoms with Crippen molar-refractivity contribution in [3.05, 3.63) is 11.7 Å². The van der Waals surface area contributed by atoms with E-state index in [9.17, 15) is 0 Å². The first kappa shape index (κ1) is 14.0. The lowest BCUT2D eigenvalue weighted by Gasteiger charge is -2.33. The van der Waals surface area contributed by atoms with Crippen molar-refractivity contribution in [1.29, 1.82) is 0 Å². The minimum atomic E-state index is -0.0352. The third-order valence-corrected chi connectivity index (χ3v) is 3.99. The van der Waals surface area contributed by atoms with Crippen LogP contribution in [0.15, 0.2) is 4.52 Å². The topological polar surface area (TPSA) is 63.4 Å². The summed E-state index contributed by atoms with van der Waals surface area (Å²) in [5, 5.41) is 7.38. The van der Waals surface area contributed by atoms with Crippen molar-refractivity contribution in [2.75, 3.05) is 26.2 Å². The molecule has 0 amide bonds. The normalized spacial score (nSPS) is 27.1. The van der Waals surface area contributed by atoms with Crippen LogP contribution in [0.5, 0.6) is 0 Å². The molecule has 2 atom stereocenters. The zero-order chi connectivity index (χ0) is 13.9. The molecule has 2 saturated heterocycles. The maximum Gasteiger partial charge on any atom is 0.240 e. The fraction of sp³-hybridized carbons (Fsp3) is 0.857. The highest BCUT2D eigenvalue weighted by Crippen LogP contribution is 2.28. The quantitative estimate of drug-likeness (QED) is 0.878. The van der Waals surface area contributed by atoms with Gasteiger partial charge in [0.05, 0.1) is 13.2 Å². The predicted molar refractivity (Wildman–Crippen MR) is 74.1 cm³/mol. The minimum Gasteiger partial charge on any atom is -0.367 e. The van der Waals surface area contributed by atoms with Gasteiger partial charge in [0.15, 0.2) is 0 Å². The molecule has 1 aromatic heterocycles. The molecule has 1 N–H and O–H groups in total. The van der Waals surface area contributed by atoms with E-state index in [0.29, 0.717) is 30.2 Å². The number of hydrogen-bond donors (Lipinski definition) is 1. The molecule has 6 nitrogen and oxygen atoms in total. The Labute approximate surface area is 119 Å². The summed E-state index contributed by atoms with van der Waals surface area (Å²) < 4.78 is 11.2. The number of aromatic nitrogens is 2. The largest absolute Gasteiger partial charge is 0.367 e. The van der Waals surface area contributed by atoms with Gasteiger partial charge in [-0.2, -0.15) is 4.98 Å². The van der Waals surface area contributed by atoms with Crippen LogP contribution in [0.3, 0.4) is 0 Å². The van der Waals surface area contributed by atoms with Gasteiger partial charge >= 0.3 is 0 Å². The van der Waals surface area contributed by atoms with Crippen LogP contribution in [-0.2, 0) is 11.3 Å². The second-order valence-electron chi connectivity index (χ2n) is 6.18. The molecule has 3 rings (SSSR count). The number of rotatable bonds is 5. The van der Waals surface area contributed by atoms with Crippen molar-refractivity contribution in [2.45, 2.75) is 45.4 Å². The summed E-state index contributed by atoms with van der Waals surface area (Å²) in [5.41, 5.74) is 0. The van der Waals surface area contributed by atoms with Gasteiger partial charge in [-0.15, -0.1) is 0 Å². The van der Waals surface area contributed by atoms with Gasteiger partial charge in [-0.3, -0.25) is 4.90 Å². The van der Waals surface area contributed by atoms with Gasteiger partial charge in [-0.1, -0.05) is 19.0 Å². The Morgan fingerprint density at radius 3 is 3.20 bits per heavy atom. The van der Waals surface area contributed by atoms with Gasteiger partial charge in [0.25, 0.3) is 0 Å². The zero-order valence-electron chi connectivity index (χ0n) is 12.3. The van der Waals surface area contributed by atoms with Gasteiger partial charge in [0.2, 0.25) is 11.7 Å². The molecule has 0 aromatic carbocycles. The van der Waals surface area contributed by atoms with Gasteiger partial charge in [-0.05, 0) is 31.8 Å². The molecule has 0 aliphatic carbocycles. The average molecular weight is 280 g/mol. The Hall–Kier alpha value is -0.980. The lowest BCUT2D eigenvalue weighted by atomic mass is 10.2. The van der Waals surface area contributed by atoms with Crippen LogP contribution in [-0.4, -0.2) is 47.3 Å². The number of nitrogens with one attached hydrogen (secondary N) is 1. The van der Waals surface area contributed by atoms with Crippen LogP contribution in [0, 0.1) is 5.92 Å². The van der Waals surface area contributed by atoms with Crippen molar-refractivity contribution >= 4 is 0 Å². The Bertz CT molecular complexity index is 435. The Kier molecular flexibility index (Phi) is 4.33. The molecule has 0 saturated carbocycles. The van der Waals surface area contributed by atoms with Crippen molar-refractivity contribution in [3.63, 3.8) is 0 Å². The molecule has 112 valence electrons. The average Bonchev–Trinajstić information content (AvgIpc) is 3.05. The van der Waals surface area contributed by atoms with Crippen LogP contribution in [0.1, 0.15) is 44.5 Å². The molecular formula is C14H24N4O2. The van der Waals surface area contributed by atoms with Crippen LogP contribution in [0.4, 0.5) is 0 Å². The Morgan fingerprint density at radius 2 is 2.35 bits per heavy atom. The van der Waals surface area contributed by atoms with E-state index in [2.05, 4.69) is 34.2 Å². The van der Waals surface area contributed by atoms with E-state index in [-0.39, 0.29) is 6.10 Å². The molecule has 20 heavy (non-hydrogen) atoms. The molecule has 2 fully saturated rings. The van der Waals surface area contributed by atoms with Crippen molar-refractivity contribution in [2.24, 2.45) is 5.92 Å². The first-order valence-electron chi connectivity index (χ1n) is 7.61. The summed E-state index contributed by atoms with van der Waals surface area (Å²) in [6.45, 7) is 8.79. The second-order valence-corrected chi connectivity index (χ2v) is 6.18. The molecule has 2 unspecified atom stereocenters. The van der Waals surface area contributed by atoms with Gasteiger partial charge in [0.1, 0.15) is 6.10 Å². The van der Waals surface area contributed by atoms with E-state index in [1.807, 2.05) is 0 Å². The van der Waals surface area contributed by atoms with Gasteiger partial charge in [-0.25, -0.2) is 0 Å². The maximum absolute atomic E-state index is 5.89. The van der Waals surface area contributed by atoms with E-state index < -0.39 is 0 Å². The van der Waals surface area contributed by atoms with E-state index in [1.54, 1.807) is 0 Å². The van der Waals surface area contributed by atoms with Crippen LogP contribution in [0.25, 0.3) is 0 Å². The summed E-state index contributed by atoms with van der Waals surface area (Å²) in [4.78, 5) is 6.94. The molecule has 0 bridgehead atoms. The van der Waals surface area contributed by atoms with E-state index >= 15 is 0 Å². The lowest BCUT2D eigenvalue weighted by molar-refractivity contribution is -0.0548. The fourth-order valence-corrected chi connectivity index (χ4v) is 2.91. The highest BCUT2D eigenvalue weighted by atomic mass is 16.5. The van der Waals surface area contributed by atoms with E-state index in [4.69, 9.17) is 9.26 Å². The zero-order valence-corrected chi connectivity index (χ0v) is 12.3. The number of ether oxygens (including phenoxy) is 1. The smallest absolute Gasteiger partial charge is 0.240 e. The predicted octanol–water partition coefficient (Wildman–Crippen LogP) is 1.35. The summed E-state index contributed by atoms with van der Waals surface area (Å²) in [5.74, 6) is 1.95. The first-order chi connectivity index (χ1) is 9.72. The SMILES string of the molecule is CC(C)CNCc1nc(C2CN3CCCC3CO2)no1. The molecule has 6 heteroatoms. The highest BCUT2D eigenvalue weighted by molar-refractivity contribution is 4.96. The van der Waals surface area contributed by atoms with Gasteiger partial charge in [0, 0.05) is 12.6 Å². The monoisotopic (exact) mass is 280 g/mol. The van der Waals surface area contributed by atoms with Gasteiger partial charge < -0.3 is 14.6 Å². The summed E-state index contributed by atoms with van der Waals surface area (Å²) in [6.07, 6.45) is 2.49. The molecule has 1 aromatic rings. The molecule has 2 aliphatic rings. The third kappa shape index (κ3) is 3.19. The first-order valence-corrected chi connectivity index (χ1v) is 7.61. The molecule has 2 aliphatic heterocycles. The minimum absolute atomic E-state index is 0.0352. The van der Waals surface area contributed by atoms with Crippen LogP contribution < -0.4 is 5.32 Å². The summed E-state index contributed by atoms with van der Waals surface area (Å²) in [7, 11) is 0. The molecule has 0 radical (unpaired) electrons. The van der Waals surface area contributed by atoms with E-state index in [0.717, 1.165) is 19.7 Å². The number of nitrogens with zero attached hydrogens (tertiary/aromatic N) is 3. The Balaban J connectivity index is 1.54. The standard InChI is InChI=1S/C14H24N4O2/c1-10(2)6-15-7-13-16-14(17-20-13)12-8-18-5-3-4-11(18)9-19-12/h10-12,15H,3-9H2,1-2H3. The van der Waals surface area contributed by atoms with Crippen LogP contribution >= 0.6 is 0 Å². The number of hydrogen-bond acceptors (Lipinski definition) is 6. The van der Waals surface area contributed by atoms with Crippen molar-refractivity contribution < 1.29 is 9.26 Å². The molecular weight excluding hydrogens is 256 g/mol. The molecule has 3 heterocycles.